The van der Waals surface area contributed by atoms with Crippen LogP contribution in [0, 0.1) is 6.92 Å². The average Bonchev–Trinajstić information content (AvgIpc) is 3.29. The topological polar surface area (TPSA) is 70.5 Å². The number of aromatic nitrogens is 2. The van der Waals surface area contributed by atoms with Crippen LogP contribution in [-0.4, -0.2) is 65.1 Å². The number of amides is 2. The van der Waals surface area contributed by atoms with Crippen molar-refractivity contribution in [3.8, 4) is 5.69 Å². The summed E-state index contributed by atoms with van der Waals surface area (Å²) in [6, 6.07) is 9.68. The molecule has 1 heterocycles. The highest BCUT2D eigenvalue weighted by Crippen LogP contribution is 2.36. The van der Waals surface area contributed by atoms with Gasteiger partial charge in [-0.3, -0.25) is 9.59 Å². The summed E-state index contributed by atoms with van der Waals surface area (Å²) >= 11 is 0. The van der Waals surface area contributed by atoms with Crippen LogP contribution >= 0.6 is 0 Å². The molecule has 3 aromatic rings. The highest BCUT2D eigenvalue weighted by Gasteiger charge is 2.38. The number of nitrogens with zero attached hydrogens (tertiary/aromatic N) is 4. The Bertz CT molecular complexity index is 1410. The largest absolute Gasteiger partial charge is 0.416 e. The molecule has 2 aromatic carbocycles. The van der Waals surface area contributed by atoms with Crippen LogP contribution in [0.1, 0.15) is 53.5 Å². The lowest BCUT2D eigenvalue weighted by Crippen LogP contribution is -2.42. The summed E-state index contributed by atoms with van der Waals surface area (Å²) in [5.74, 6) is -1.57. The number of carbonyl (C=O) groups excluding carboxylic acids is 2. The molecule has 1 aromatic heterocycles. The highest BCUT2D eigenvalue weighted by molar-refractivity contribution is 5.99. The zero-order chi connectivity index (χ0) is 31.6. The molecule has 0 aliphatic heterocycles. The van der Waals surface area contributed by atoms with E-state index >= 15 is 0 Å². The maximum atomic E-state index is 13.4. The number of para-hydroxylation sites is 1. The van der Waals surface area contributed by atoms with Crippen LogP contribution in [0.5, 0.6) is 0 Å². The number of rotatable bonds is 8. The van der Waals surface area contributed by atoms with Crippen molar-refractivity contribution in [1.29, 1.82) is 0 Å². The van der Waals surface area contributed by atoms with Crippen molar-refractivity contribution >= 4 is 17.6 Å². The molecule has 0 bridgehead atoms. The van der Waals surface area contributed by atoms with Crippen LogP contribution < -0.4 is 5.32 Å². The molecule has 0 aliphatic carbocycles. The molecule has 0 spiro atoms. The van der Waals surface area contributed by atoms with Crippen LogP contribution in [0.2, 0.25) is 0 Å². The first-order valence-corrected chi connectivity index (χ1v) is 13.0. The number of hydrogen-bond donors (Lipinski definition) is 1. The van der Waals surface area contributed by atoms with Crippen LogP contribution in [0.15, 0.2) is 48.5 Å². The number of hydrogen-bond acceptors (Lipinski definition) is 4. The van der Waals surface area contributed by atoms with E-state index in [0.29, 0.717) is 23.5 Å². The number of benzene rings is 2. The summed E-state index contributed by atoms with van der Waals surface area (Å²) < 4.78 is 82.1. The second-order valence-corrected chi connectivity index (χ2v) is 11.2. The summed E-state index contributed by atoms with van der Waals surface area (Å²) in [4.78, 5) is 29.2. The van der Waals surface area contributed by atoms with E-state index in [9.17, 15) is 35.9 Å². The van der Waals surface area contributed by atoms with Crippen molar-refractivity contribution in [3.05, 3.63) is 76.5 Å². The third-order valence-corrected chi connectivity index (χ3v) is 6.36. The molecule has 0 radical (unpaired) electrons. The fourth-order valence-electron chi connectivity index (χ4n) is 4.01. The lowest BCUT2D eigenvalue weighted by Gasteiger charge is -2.25. The Hall–Kier alpha value is -3.87. The Morgan fingerprint density at radius 3 is 1.95 bits per heavy atom. The number of alkyl halides is 6. The van der Waals surface area contributed by atoms with Crippen molar-refractivity contribution in [3.63, 3.8) is 0 Å². The van der Waals surface area contributed by atoms with Crippen molar-refractivity contribution in [2.45, 2.75) is 45.5 Å². The number of halogens is 6. The predicted molar refractivity (Wildman–Crippen MR) is 147 cm³/mol. The van der Waals surface area contributed by atoms with Crippen molar-refractivity contribution in [1.82, 2.24) is 19.6 Å². The number of aryl methyl sites for hydroxylation is 1. The summed E-state index contributed by atoms with van der Waals surface area (Å²) in [5.41, 5.74) is -2.24. The van der Waals surface area contributed by atoms with E-state index in [4.69, 9.17) is 0 Å². The molecule has 228 valence electrons. The third kappa shape index (κ3) is 8.11. The molecule has 1 N–H and O–H groups in total. The highest BCUT2D eigenvalue weighted by atomic mass is 19.4. The molecule has 13 heteroatoms. The van der Waals surface area contributed by atoms with E-state index in [0.717, 1.165) is 10.5 Å². The van der Waals surface area contributed by atoms with E-state index in [1.165, 1.54) is 0 Å². The van der Waals surface area contributed by atoms with Crippen LogP contribution in [0.4, 0.5) is 32.2 Å². The Balaban J connectivity index is 1.98. The van der Waals surface area contributed by atoms with E-state index in [-0.39, 0.29) is 30.4 Å². The van der Waals surface area contributed by atoms with Gasteiger partial charge in [0, 0.05) is 30.1 Å². The molecule has 7 nitrogen and oxygen atoms in total. The van der Waals surface area contributed by atoms with Gasteiger partial charge in [-0.05, 0) is 50.8 Å². The first-order valence-electron chi connectivity index (χ1n) is 13.0. The van der Waals surface area contributed by atoms with Crippen molar-refractivity contribution in [2.75, 3.05) is 39.0 Å². The molecule has 3 rings (SSSR count). The maximum Gasteiger partial charge on any atom is 0.416 e. The number of nitrogens with one attached hydrogen (secondary N) is 1. The second kappa shape index (κ2) is 12.2. The Morgan fingerprint density at radius 2 is 1.45 bits per heavy atom. The second-order valence-electron chi connectivity index (χ2n) is 11.2. The van der Waals surface area contributed by atoms with E-state index in [1.54, 1.807) is 35.8 Å². The van der Waals surface area contributed by atoms with Gasteiger partial charge in [-0.2, -0.15) is 31.4 Å². The SMILES string of the molecule is Cc1ccccc1-n1nc(C(C)(C)C)cc1NC(=O)CN(CCN(C)C)C(=O)c1cc(C(F)(F)F)cc(C(F)(F)F)c1. The zero-order valence-electron chi connectivity index (χ0n) is 24.1. The van der Waals surface area contributed by atoms with Gasteiger partial charge in [0.25, 0.3) is 5.91 Å². The van der Waals surface area contributed by atoms with Gasteiger partial charge in [0.15, 0.2) is 0 Å². The van der Waals surface area contributed by atoms with E-state index in [1.807, 2.05) is 45.9 Å². The van der Waals surface area contributed by atoms with Gasteiger partial charge in [0.05, 0.1) is 22.5 Å². The molecule has 0 fully saturated rings. The molecular formula is C29H33F6N5O2. The van der Waals surface area contributed by atoms with Crippen molar-refractivity contribution < 1.29 is 35.9 Å². The Morgan fingerprint density at radius 1 is 0.881 bits per heavy atom. The van der Waals surface area contributed by atoms with Crippen LogP contribution in [0.25, 0.3) is 5.69 Å². The van der Waals surface area contributed by atoms with Gasteiger partial charge < -0.3 is 15.1 Å². The predicted octanol–water partition coefficient (Wildman–Crippen LogP) is 6.16. The molecule has 0 saturated heterocycles. The molecule has 0 unspecified atom stereocenters. The molecule has 0 atom stereocenters. The fourth-order valence-corrected chi connectivity index (χ4v) is 4.01. The molecule has 0 aliphatic rings. The lowest BCUT2D eigenvalue weighted by molar-refractivity contribution is -0.143. The first-order chi connectivity index (χ1) is 19.3. The zero-order valence-corrected chi connectivity index (χ0v) is 24.1. The summed E-state index contributed by atoms with van der Waals surface area (Å²) in [6.07, 6.45) is -10.2. The normalized spacial score (nSPS) is 12.5. The van der Waals surface area contributed by atoms with Gasteiger partial charge in [0.2, 0.25) is 5.91 Å². The molecule has 42 heavy (non-hydrogen) atoms. The van der Waals surface area contributed by atoms with Crippen LogP contribution in [-0.2, 0) is 22.6 Å². The minimum absolute atomic E-state index is 0.0484. The number of likely N-dealkylation sites (N-methyl/N-ethyl adjacent to an activating group) is 1. The minimum Gasteiger partial charge on any atom is -0.328 e. The number of carbonyl (C=O) groups is 2. The fraction of sp³-hybridized carbons (Fsp3) is 0.414. The molecule has 2 amide bonds. The Labute approximate surface area is 240 Å². The third-order valence-electron chi connectivity index (χ3n) is 6.36. The van der Waals surface area contributed by atoms with Gasteiger partial charge in [-0.25, -0.2) is 4.68 Å². The summed E-state index contributed by atoms with van der Waals surface area (Å²) in [6.45, 7) is 7.11. The van der Waals surface area contributed by atoms with Crippen LogP contribution in [0.3, 0.4) is 0 Å². The number of anilines is 1. The lowest BCUT2D eigenvalue weighted by atomic mass is 9.92. The first kappa shape index (κ1) is 32.6. The standard InChI is InChI=1S/C29H33F6N5O2/c1-18-9-7-8-10-22(18)40-24(16-23(37-40)27(2,3)4)36-25(41)17-39(12-11-38(5)6)26(42)19-13-20(28(30,31)32)15-21(14-19)29(33,34)35/h7-10,13-16H,11-12,17H2,1-6H3,(H,36,41). The van der Waals surface area contributed by atoms with E-state index in [2.05, 4.69) is 10.4 Å². The Kier molecular flexibility index (Phi) is 9.45. The maximum absolute atomic E-state index is 13.4. The smallest absolute Gasteiger partial charge is 0.328 e. The molecule has 0 saturated carbocycles. The summed E-state index contributed by atoms with van der Waals surface area (Å²) in [5, 5.41) is 7.37. The minimum atomic E-state index is -5.12. The average molecular weight is 598 g/mol. The van der Waals surface area contributed by atoms with Crippen molar-refractivity contribution in [2.24, 2.45) is 0 Å². The van der Waals surface area contributed by atoms with E-state index < -0.39 is 47.4 Å². The van der Waals surface area contributed by atoms with Gasteiger partial charge in [0.1, 0.15) is 12.4 Å². The quantitative estimate of drug-likeness (QED) is 0.316. The monoisotopic (exact) mass is 597 g/mol. The van der Waals surface area contributed by atoms with Gasteiger partial charge in [-0.15, -0.1) is 0 Å². The summed E-state index contributed by atoms with van der Waals surface area (Å²) in [7, 11) is 3.34. The van der Waals surface area contributed by atoms with Gasteiger partial charge in [-0.1, -0.05) is 39.0 Å². The van der Waals surface area contributed by atoms with Gasteiger partial charge >= 0.3 is 12.4 Å². The molecular weight excluding hydrogens is 564 g/mol.